The van der Waals surface area contributed by atoms with Crippen LogP contribution in [0.1, 0.15) is 58.9 Å². The van der Waals surface area contributed by atoms with Gasteiger partial charge in [0.2, 0.25) is 5.91 Å². The van der Waals surface area contributed by atoms with E-state index in [9.17, 15) is 4.79 Å². The second kappa shape index (κ2) is 8.08. The minimum atomic E-state index is 0.0340. The fourth-order valence-corrected chi connectivity index (χ4v) is 2.64. The van der Waals surface area contributed by atoms with Crippen molar-refractivity contribution in [3.63, 3.8) is 0 Å². The lowest BCUT2D eigenvalue weighted by Gasteiger charge is -2.33. The third kappa shape index (κ3) is 4.36. The Morgan fingerprint density at radius 2 is 1.75 bits per heavy atom. The van der Waals surface area contributed by atoms with E-state index >= 15 is 0 Å². The van der Waals surface area contributed by atoms with Crippen molar-refractivity contribution >= 4 is 11.6 Å². The SMILES string of the molecule is CCCC(CCC)N(C(=O)C(C)C)c1cccc(C)c1. The number of aryl methyl sites for hydroxylation is 1. The molecular weight excluding hydrogens is 246 g/mol. The number of carbonyl (C=O) groups excluding carboxylic acids is 1. The topological polar surface area (TPSA) is 20.3 Å². The van der Waals surface area contributed by atoms with Gasteiger partial charge in [-0.3, -0.25) is 4.79 Å². The zero-order chi connectivity index (χ0) is 15.1. The molecular formula is C18H29NO. The van der Waals surface area contributed by atoms with Gasteiger partial charge < -0.3 is 4.90 Å². The fourth-order valence-electron chi connectivity index (χ4n) is 2.64. The minimum absolute atomic E-state index is 0.0340. The van der Waals surface area contributed by atoms with Crippen molar-refractivity contribution in [2.75, 3.05) is 4.90 Å². The summed E-state index contributed by atoms with van der Waals surface area (Å²) in [6.45, 7) is 10.4. The number of rotatable bonds is 7. The number of benzene rings is 1. The maximum atomic E-state index is 12.7. The molecule has 1 amide bonds. The van der Waals surface area contributed by atoms with Crippen LogP contribution in [-0.2, 0) is 4.79 Å². The van der Waals surface area contributed by atoms with Crippen LogP contribution in [-0.4, -0.2) is 11.9 Å². The van der Waals surface area contributed by atoms with Crippen LogP contribution in [0.3, 0.4) is 0 Å². The van der Waals surface area contributed by atoms with Crippen LogP contribution in [0.2, 0.25) is 0 Å². The first kappa shape index (κ1) is 16.7. The Hall–Kier alpha value is -1.31. The third-order valence-corrected chi connectivity index (χ3v) is 3.62. The minimum Gasteiger partial charge on any atom is -0.309 e. The number of hydrogen-bond donors (Lipinski definition) is 0. The second-order valence-corrected chi connectivity index (χ2v) is 5.93. The predicted molar refractivity (Wildman–Crippen MR) is 87.1 cm³/mol. The van der Waals surface area contributed by atoms with Crippen molar-refractivity contribution in [3.8, 4) is 0 Å². The zero-order valence-corrected chi connectivity index (χ0v) is 13.6. The van der Waals surface area contributed by atoms with Gasteiger partial charge in [0.15, 0.2) is 0 Å². The fraction of sp³-hybridized carbons (Fsp3) is 0.611. The number of nitrogens with zero attached hydrogens (tertiary/aromatic N) is 1. The molecule has 0 radical (unpaired) electrons. The summed E-state index contributed by atoms with van der Waals surface area (Å²) in [6.07, 6.45) is 4.36. The molecule has 0 saturated carbocycles. The van der Waals surface area contributed by atoms with Gasteiger partial charge in [-0.1, -0.05) is 52.7 Å². The quantitative estimate of drug-likeness (QED) is 0.689. The number of carbonyl (C=O) groups is 1. The van der Waals surface area contributed by atoms with Crippen LogP contribution < -0.4 is 4.90 Å². The molecule has 1 rings (SSSR count). The first-order valence-electron chi connectivity index (χ1n) is 7.90. The Labute approximate surface area is 124 Å². The highest BCUT2D eigenvalue weighted by Gasteiger charge is 2.26. The molecule has 0 fully saturated rings. The maximum Gasteiger partial charge on any atom is 0.229 e. The van der Waals surface area contributed by atoms with Crippen LogP contribution in [0.15, 0.2) is 24.3 Å². The summed E-state index contributed by atoms with van der Waals surface area (Å²) in [7, 11) is 0. The van der Waals surface area contributed by atoms with Gasteiger partial charge in [0.05, 0.1) is 0 Å². The summed E-state index contributed by atoms with van der Waals surface area (Å²) in [4.78, 5) is 14.7. The standard InChI is InChI=1S/C18H29NO/c1-6-9-16(10-7-2)19(18(20)14(3)4)17-12-8-11-15(5)13-17/h8,11-14,16H,6-7,9-10H2,1-5H3. The summed E-state index contributed by atoms with van der Waals surface area (Å²) >= 11 is 0. The smallest absolute Gasteiger partial charge is 0.229 e. The number of hydrogen-bond acceptors (Lipinski definition) is 1. The van der Waals surface area contributed by atoms with E-state index in [4.69, 9.17) is 0 Å². The molecule has 1 aromatic rings. The number of amides is 1. The molecule has 0 atom stereocenters. The van der Waals surface area contributed by atoms with Crippen LogP contribution in [0.5, 0.6) is 0 Å². The van der Waals surface area contributed by atoms with Gasteiger partial charge in [0, 0.05) is 17.6 Å². The summed E-state index contributed by atoms with van der Waals surface area (Å²) in [5.41, 5.74) is 2.26. The van der Waals surface area contributed by atoms with Gasteiger partial charge in [-0.2, -0.15) is 0 Å². The van der Waals surface area contributed by atoms with Crippen molar-refractivity contribution in [1.82, 2.24) is 0 Å². The average molecular weight is 275 g/mol. The van der Waals surface area contributed by atoms with Crippen molar-refractivity contribution < 1.29 is 4.79 Å². The molecule has 0 spiro atoms. The first-order chi connectivity index (χ1) is 9.51. The van der Waals surface area contributed by atoms with Gasteiger partial charge in [0.25, 0.3) is 0 Å². The van der Waals surface area contributed by atoms with E-state index in [-0.39, 0.29) is 11.8 Å². The predicted octanol–water partition coefficient (Wildman–Crippen LogP) is 4.95. The maximum absolute atomic E-state index is 12.7. The van der Waals surface area contributed by atoms with E-state index in [0.29, 0.717) is 6.04 Å². The largest absolute Gasteiger partial charge is 0.309 e. The summed E-state index contributed by atoms with van der Waals surface area (Å²) in [5.74, 6) is 0.272. The van der Waals surface area contributed by atoms with Gasteiger partial charge in [-0.15, -0.1) is 0 Å². The molecule has 0 aliphatic heterocycles. The van der Waals surface area contributed by atoms with Crippen molar-refractivity contribution in [2.24, 2.45) is 5.92 Å². The summed E-state index contributed by atoms with van der Waals surface area (Å²) < 4.78 is 0. The van der Waals surface area contributed by atoms with Crippen LogP contribution >= 0.6 is 0 Å². The van der Waals surface area contributed by atoms with E-state index in [0.717, 1.165) is 31.4 Å². The second-order valence-electron chi connectivity index (χ2n) is 5.93. The summed E-state index contributed by atoms with van der Waals surface area (Å²) in [6, 6.07) is 8.63. The summed E-state index contributed by atoms with van der Waals surface area (Å²) in [5, 5.41) is 0. The van der Waals surface area contributed by atoms with Gasteiger partial charge in [0.1, 0.15) is 0 Å². The highest BCUT2D eigenvalue weighted by molar-refractivity contribution is 5.95. The van der Waals surface area contributed by atoms with Crippen molar-refractivity contribution in [2.45, 2.75) is 66.3 Å². The lowest BCUT2D eigenvalue weighted by Crippen LogP contribution is -2.42. The van der Waals surface area contributed by atoms with Gasteiger partial charge in [-0.05, 0) is 37.5 Å². The molecule has 112 valence electrons. The molecule has 0 bridgehead atoms. The average Bonchev–Trinajstić information content (AvgIpc) is 2.39. The Bertz CT molecular complexity index is 419. The highest BCUT2D eigenvalue weighted by Crippen LogP contribution is 2.25. The first-order valence-corrected chi connectivity index (χ1v) is 7.90. The van der Waals surface area contributed by atoms with E-state index < -0.39 is 0 Å². The lowest BCUT2D eigenvalue weighted by molar-refractivity contribution is -0.122. The Kier molecular flexibility index (Phi) is 6.77. The van der Waals surface area contributed by atoms with Crippen LogP contribution in [0.25, 0.3) is 0 Å². The molecule has 0 unspecified atom stereocenters. The monoisotopic (exact) mass is 275 g/mol. The van der Waals surface area contributed by atoms with Gasteiger partial charge in [-0.25, -0.2) is 0 Å². The lowest BCUT2D eigenvalue weighted by atomic mass is 10.0. The molecule has 2 heteroatoms. The molecule has 2 nitrogen and oxygen atoms in total. The molecule has 0 saturated heterocycles. The molecule has 0 aliphatic rings. The Balaban J connectivity index is 3.15. The molecule has 0 N–H and O–H groups in total. The molecule has 1 aromatic carbocycles. The van der Waals surface area contributed by atoms with E-state index in [1.54, 1.807) is 0 Å². The number of anilines is 1. The van der Waals surface area contributed by atoms with Crippen molar-refractivity contribution in [1.29, 1.82) is 0 Å². The van der Waals surface area contributed by atoms with Crippen LogP contribution in [0.4, 0.5) is 5.69 Å². The van der Waals surface area contributed by atoms with E-state index in [1.807, 2.05) is 24.8 Å². The van der Waals surface area contributed by atoms with E-state index in [1.165, 1.54) is 5.56 Å². The van der Waals surface area contributed by atoms with Gasteiger partial charge >= 0.3 is 0 Å². The zero-order valence-electron chi connectivity index (χ0n) is 13.6. The van der Waals surface area contributed by atoms with E-state index in [2.05, 4.69) is 39.0 Å². The third-order valence-electron chi connectivity index (χ3n) is 3.62. The highest BCUT2D eigenvalue weighted by atomic mass is 16.2. The molecule has 0 heterocycles. The Morgan fingerprint density at radius 3 is 2.20 bits per heavy atom. The van der Waals surface area contributed by atoms with Crippen molar-refractivity contribution in [3.05, 3.63) is 29.8 Å². The molecule has 0 aliphatic carbocycles. The Morgan fingerprint density at radius 1 is 1.15 bits per heavy atom. The molecule has 0 aromatic heterocycles. The molecule has 20 heavy (non-hydrogen) atoms. The normalized spacial score (nSPS) is 11.2. The van der Waals surface area contributed by atoms with Crippen LogP contribution in [0, 0.1) is 12.8 Å².